The van der Waals surface area contributed by atoms with Crippen LogP contribution in [0.5, 0.6) is 0 Å². The van der Waals surface area contributed by atoms with Crippen LogP contribution in [0.2, 0.25) is 0 Å². The minimum atomic E-state index is -0.936. The largest absolute Gasteiger partial charge is 0.384 e. The zero-order valence-electron chi connectivity index (χ0n) is 9.32. The van der Waals surface area contributed by atoms with Crippen molar-refractivity contribution in [3.63, 3.8) is 0 Å². The summed E-state index contributed by atoms with van der Waals surface area (Å²) in [6.45, 7) is 1.89. The highest BCUT2D eigenvalue weighted by molar-refractivity contribution is 9.10. The highest BCUT2D eigenvalue weighted by atomic mass is 79.9. The maximum Gasteiger partial charge on any atom is 0.129 e. The van der Waals surface area contributed by atoms with Crippen molar-refractivity contribution >= 4 is 15.9 Å². The summed E-state index contributed by atoms with van der Waals surface area (Å²) < 4.78 is 14.5. The molecule has 0 saturated carbocycles. The molecule has 1 unspecified atom stereocenters. The van der Waals surface area contributed by atoms with Gasteiger partial charge in [-0.05, 0) is 30.2 Å². The van der Waals surface area contributed by atoms with Crippen LogP contribution in [0.3, 0.4) is 0 Å². The van der Waals surface area contributed by atoms with Crippen LogP contribution >= 0.6 is 15.9 Å². The van der Waals surface area contributed by atoms with Gasteiger partial charge in [0.05, 0.1) is 0 Å². The topological polar surface area (TPSA) is 20.2 Å². The van der Waals surface area contributed by atoms with Crippen molar-refractivity contribution in [2.45, 2.75) is 13.0 Å². The molecular weight excluding hydrogens is 283 g/mol. The Morgan fingerprint density at radius 2 is 1.71 bits per heavy atom. The monoisotopic (exact) mass is 294 g/mol. The smallest absolute Gasteiger partial charge is 0.129 e. The third-order valence-electron chi connectivity index (χ3n) is 2.80. The molecule has 0 spiro atoms. The molecule has 0 heterocycles. The van der Waals surface area contributed by atoms with Crippen LogP contribution in [0.1, 0.15) is 22.8 Å². The summed E-state index contributed by atoms with van der Waals surface area (Å²) in [6.07, 6.45) is -0.936. The molecule has 2 rings (SSSR count). The molecule has 1 N–H and O–H groups in total. The van der Waals surface area contributed by atoms with E-state index < -0.39 is 6.10 Å². The van der Waals surface area contributed by atoms with Gasteiger partial charge in [-0.2, -0.15) is 0 Å². The molecule has 0 amide bonds. The van der Waals surface area contributed by atoms with Gasteiger partial charge in [0.2, 0.25) is 0 Å². The van der Waals surface area contributed by atoms with E-state index in [2.05, 4.69) is 15.9 Å². The van der Waals surface area contributed by atoms with Gasteiger partial charge in [-0.25, -0.2) is 4.39 Å². The third-order valence-corrected chi connectivity index (χ3v) is 3.66. The second kappa shape index (κ2) is 4.98. The van der Waals surface area contributed by atoms with E-state index >= 15 is 0 Å². The lowest BCUT2D eigenvalue weighted by Gasteiger charge is -2.15. The molecule has 1 atom stereocenters. The van der Waals surface area contributed by atoms with Crippen molar-refractivity contribution in [1.82, 2.24) is 0 Å². The lowest BCUT2D eigenvalue weighted by molar-refractivity contribution is 0.214. The fraction of sp³-hybridized carbons (Fsp3) is 0.143. The third kappa shape index (κ3) is 2.40. The van der Waals surface area contributed by atoms with E-state index in [9.17, 15) is 9.50 Å². The summed E-state index contributed by atoms with van der Waals surface area (Å²) in [5.41, 5.74) is 1.93. The number of halogens is 2. The molecule has 3 heteroatoms. The van der Waals surface area contributed by atoms with Gasteiger partial charge in [-0.1, -0.05) is 46.3 Å². The van der Waals surface area contributed by atoms with Gasteiger partial charge in [0.15, 0.2) is 0 Å². The highest BCUT2D eigenvalue weighted by Gasteiger charge is 2.16. The Balaban J connectivity index is 2.48. The minimum absolute atomic E-state index is 0.300. The first kappa shape index (κ1) is 12.3. The molecule has 1 nitrogen and oxygen atoms in total. The standard InChI is InChI=1S/C14H12BrFO/c1-9-10(6-4-7-12(9)15)14(17)11-5-2-3-8-13(11)16/h2-8,14,17H,1H3. The fourth-order valence-corrected chi connectivity index (χ4v) is 2.17. The van der Waals surface area contributed by atoms with Gasteiger partial charge in [-0.3, -0.25) is 0 Å². The van der Waals surface area contributed by atoms with Crippen LogP contribution in [0.4, 0.5) is 4.39 Å². The first-order valence-corrected chi connectivity index (χ1v) is 6.08. The summed E-state index contributed by atoms with van der Waals surface area (Å²) >= 11 is 3.40. The summed E-state index contributed by atoms with van der Waals surface area (Å²) in [5, 5.41) is 10.2. The van der Waals surface area contributed by atoms with Crippen molar-refractivity contribution in [3.05, 3.63) is 69.4 Å². The number of hydrogen-bond donors (Lipinski definition) is 1. The summed E-state index contributed by atoms with van der Waals surface area (Å²) in [6, 6.07) is 11.8. The van der Waals surface area contributed by atoms with Crippen LogP contribution in [0.15, 0.2) is 46.9 Å². The summed E-state index contributed by atoms with van der Waals surface area (Å²) in [5.74, 6) is -0.389. The van der Waals surface area contributed by atoms with E-state index in [0.717, 1.165) is 10.0 Å². The van der Waals surface area contributed by atoms with Crippen molar-refractivity contribution < 1.29 is 9.50 Å². The van der Waals surface area contributed by atoms with E-state index in [4.69, 9.17) is 0 Å². The molecule has 2 aromatic rings. The van der Waals surface area contributed by atoms with Gasteiger partial charge >= 0.3 is 0 Å². The molecule has 88 valence electrons. The molecule has 0 bridgehead atoms. The van der Waals surface area contributed by atoms with Gasteiger partial charge < -0.3 is 5.11 Å². The highest BCUT2D eigenvalue weighted by Crippen LogP contribution is 2.29. The van der Waals surface area contributed by atoms with Crippen molar-refractivity contribution in [2.24, 2.45) is 0 Å². The molecule has 0 fully saturated rings. The second-order valence-electron chi connectivity index (χ2n) is 3.88. The fourth-order valence-electron chi connectivity index (χ4n) is 1.78. The average Bonchev–Trinajstić information content (AvgIpc) is 2.32. The molecule has 0 aliphatic carbocycles. The lowest BCUT2D eigenvalue weighted by atomic mass is 9.97. The van der Waals surface area contributed by atoms with E-state index in [1.165, 1.54) is 6.07 Å². The molecular formula is C14H12BrFO. The van der Waals surface area contributed by atoms with Crippen molar-refractivity contribution in [1.29, 1.82) is 0 Å². The predicted molar refractivity (Wildman–Crippen MR) is 69.3 cm³/mol. The van der Waals surface area contributed by atoms with E-state index in [1.54, 1.807) is 24.3 Å². The number of benzene rings is 2. The van der Waals surface area contributed by atoms with Gasteiger partial charge in [-0.15, -0.1) is 0 Å². The maximum atomic E-state index is 13.6. The first-order valence-electron chi connectivity index (χ1n) is 5.28. The molecule has 2 aromatic carbocycles. The van der Waals surface area contributed by atoms with Crippen LogP contribution in [0, 0.1) is 12.7 Å². The number of aliphatic hydroxyl groups is 1. The van der Waals surface area contributed by atoms with Gasteiger partial charge in [0, 0.05) is 10.0 Å². The Labute approximate surface area is 108 Å². The Morgan fingerprint density at radius 1 is 1.06 bits per heavy atom. The molecule has 0 aliphatic heterocycles. The zero-order chi connectivity index (χ0) is 12.4. The Bertz CT molecular complexity index is 539. The number of aliphatic hydroxyl groups excluding tert-OH is 1. The number of hydrogen-bond acceptors (Lipinski definition) is 1. The average molecular weight is 295 g/mol. The SMILES string of the molecule is Cc1c(Br)cccc1C(O)c1ccccc1F. The van der Waals surface area contributed by atoms with Crippen LogP contribution < -0.4 is 0 Å². The molecule has 0 aromatic heterocycles. The predicted octanol–water partition coefficient (Wildman–Crippen LogP) is 3.98. The van der Waals surface area contributed by atoms with E-state index in [1.807, 2.05) is 19.1 Å². The molecule has 17 heavy (non-hydrogen) atoms. The Hall–Kier alpha value is -1.19. The first-order chi connectivity index (χ1) is 8.11. The molecule has 0 aliphatic rings. The van der Waals surface area contributed by atoms with Gasteiger partial charge in [0.25, 0.3) is 0 Å². The van der Waals surface area contributed by atoms with Crippen LogP contribution in [-0.2, 0) is 0 Å². The maximum absolute atomic E-state index is 13.6. The second-order valence-corrected chi connectivity index (χ2v) is 4.73. The Morgan fingerprint density at radius 3 is 2.41 bits per heavy atom. The molecule has 0 radical (unpaired) electrons. The van der Waals surface area contributed by atoms with E-state index in [0.29, 0.717) is 11.1 Å². The Kier molecular flexibility index (Phi) is 3.60. The summed E-state index contributed by atoms with van der Waals surface area (Å²) in [7, 11) is 0. The zero-order valence-corrected chi connectivity index (χ0v) is 10.9. The van der Waals surface area contributed by atoms with Crippen molar-refractivity contribution in [3.8, 4) is 0 Å². The number of rotatable bonds is 2. The van der Waals surface area contributed by atoms with Crippen LogP contribution in [-0.4, -0.2) is 5.11 Å². The molecule has 0 saturated heterocycles. The van der Waals surface area contributed by atoms with Crippen molar-refractivity contribution in [2.75, 3.05) is 0 Å². The minimum Gasteiger partial charge on any atom is -0.384 e. The normalized spacial score (nSPS) is 12.5. The van der Waals surface area contributed by atoms with Gasteiger partial charge in [0.1, 0.15) is 11.9 Å². The summed E-state index contributed by atoms with van der Waals surface area (Å²) in [4.78, 5) is 0. The van der Waals surface area contributed by atoms with Crippen LogP contribution in [0.25, 0.3) is 0 Å². The lowest BCUT2D eigenvalue weighted by Crippen LogP contribution is -2.04. The van der Waals surface area contributed by atoms with E-state index in [-0.39, 0.29) is 5.82 Å². The quantitative estimate of drug-likeness (QED) is 0.888.